The average Bonchev–Trinajstić information content (AvgIpc) is 2.90. The Bertz CT molecular complexity index is 447. The predicted molar refractivity (Wildman–Crippen MR) is 76.0 cm³/mol. The van der Waals surface area contributed by atoms with E-state index in [0.29, 0.717) is 18.8 Å². The molecule has 1 rings (SSSR count). The Morgan fingerprint density at radius 2 is 2.24 bits per heavy atom. The third kappa shape index (κ3) is 5.42. The second-order valence-electron chi connectivity index (χ2n) is 4.90. The smallest absolute Gasteiger partial charge is 0.326 e. The van der Waals surface area contributed by atoms with Crippen molar-refractivity contribution in [3.05, 3.63) is 18.2 Å². The van der Waals surface area contributed by atoms with Gasteiger partial charge in [0.15, 0.2) is 0 Å². The number of rotatable bonds is 8. The van der Waals surface area contributed by atoms with Gasteiger partial charge in [0.25, 0.3) is 0 Å². The first kappa shape index (κ1) is 17.0. The van der Waals surface area contributed by atoms with Crippen LogP contribution in [0.25, 0.3) is 0 Å². The zero-order chi connectivity index (χ0) is 15.8. The first-order valence-corrected chi connectivity index (χ1v) is 6.71. The fourth-order valence-electron chi connectivity index (χ4n) is 1.83. The van der Waals surface area contributed by atoms with Gasteiger partial charge in [-0.2, -0.15) is 0 Å². The molecule has 118 valence electrons. The van der Waals surface area contributed by atoms with Crippen molar-refractivity contribution in [3.63, 3.8) is 0 Å². The molecule has 21 heavy (non-hydrogen) atoms. The molecule has 8 heteroatoms. The molecule has 0 aliphatic heterocycles. The third-order valence-corrected chi connectivity index (χ3v) is 3.00. The van der Waals surface area contributed by atoms with Crippen LogP contribution in [-0.4, -0.2) is 64.3 Å². The van der Waals surface area contributed by atoms with Gasteiger partial charge in [0.05, 0.1) is 12.9 Å². The highest BCUT2D eigenvalue weighted by Crippen LogP contribution is 2.03. The summed E-state index contributed by atoms with van der Waals surface area (Å²) in [7, 11) is 1.55. The van der Waals surface area contributed by atoms with E-state index in [-0.39, 0.29) is 12.5 Å². The van der Waals surface area contributed by atoms with E-state index in [2.05, 4.69) is 15.3 Å². The van der Waals surface area contributed by atoms with Crippen molar-refractivity contribution in [2.45, 2.75) is 32.4 Å². The molecule has 8 nitrogen and oxygen atoms in total. The van der Waals surface area contributed by atoms with Gasteiger partial charge in [-0.15, -0.1) is 0 Å². The van der Waals surface area contributed by atoms with Gasteiger partial charge < -0.3 is 25.0 Å². The molecule has 1 aromatic rings. The number of aliphatic carboxylic acids is 1. The highest BCUT2D eigenvalue weighted by molar-refractivity contribution is 5.82. The molecule has 0 saturated heterocycles. The highest BCUT2D eigenvalue weighted by Gasteiger charge is 2.25. The van der Waals surface area contributed by atoms with Gasteiger partial charge >= 0.3 is 12.0 Å². The van der Waals surface area contributed by atoms with Crippen molar-refractivity contribution in [1.82, 2.24) is 20.2 Å². The second kappa shape index (κ2) is 8.25. The maximum atomic E-state index is 12.2. The Balaban J connectivity index is 2.67. The van der Waals surface area contributed by atoms with Crippen LogP contribution in [0.2, 0.25) is 0 Å². The number of carbonyl (C=O) groups excluding carboxylic acids is 1. The maximum absolute atomic E-state index is 12.2. The molecule has 0 aliphatic rings. The van der Waals surface area contributed by atoms with Crippen molar-refractivity contribution in [3.8, 4) is 0 Å². The summed E-state index contributed by atoms with van der Waals surface area (Å²) in [6.45, 7) is 4.51. The summed E-state index contributed by atoms with van der Waals surface area (Å²) in [5.41, 5.74) is 0.649. The van der Waals surface area contributed by atoms with Crippen LogP contribution in [0.1, 0.15) is 19.5 Å². The lowest BCUT2D eigenvalue weighted by Gasteiger charge is -2.28. The Hall–Kier alpha value is -2.09. The van der Waals surface area contributed by atoms with E-state index in [4.69, 9.17) is 4.74 Å². The first-order valence-electron chi connectivity index (χ1n) is 6.71. The summed E-state index contributed by atoms with van der Waals surface area (Å²) in [6, 6.07) is -1.49. The average molecular weight is 298 g/mol. The molecule has 3 N–H and O–H groups in total. The van der Waals surface area contributed by atoms with Crippen molar-refractivity contribution >= 4 is 12.0 Å². The number of hydrogen-bond acceptors (Lipinski definition) is 4. The van der Waals surface area contributed by atoms with Gasteiger partial charge in [0, 0.05) is 38.0 Å². The van der Waals surface area contributed by atoms with Gasteiger partial charge in [-0.05, 0) is 13.8 Å². The van der Waals surface area contributed by atoms with Gasteiger partial charge in [-0.1, -0.05) is 0 Å². The third-order valence-electron chi connectivity index (χ3n) is 3.00. The number of carbonyl (C=O) groups is 2. The minimum Gasteiger partial charge on any atom is -0.480 e. The molecule has 1 atom stereocenters. The lowest BCUT2D eigenvalue weighted by Crippen LogP contribution is -2.51. The number of urea groups is 1. The fraction of sp³-hybridized carbons (Fsp3) is 0.615. The highest BCUT2D eigenvalue weighted by atomic mass is 16.5. The summed E-state index contributed by atoms with van der Waals surface area (Å²) in [4.78, 5) is 31.7. The number of amides is 2. The molecule has 0 fully saturated rings. The van der Waals surface area contributed by atoms with E-state index in [1.807, 2.05) is 13.8 Å². The lowest BCUT2D eigenvalue weighted by molar-refractivity contribution is -0.139. The maximum Gasteiger partial charge on any atom is 0.326 e. The summed E-state index contributed by atoms with van der Waals surface area (Å²) in [5, 5.41) is 11.8. The van der Waals surface area contributed by atoms with E-state index in [1.54, 1.807) is 7.11 Å². The molecule has 0 unspecified atom stereocenters. The topological polar surface area (TPSA) is 108 Å². The van der Waals surface area contributed by atoms with Crippen molar-refractivity contribution in [1.29, 1.82) is 0 Å². The van der Waals surface area contributed by atoms with E-state index in [1.165, 1.54) is 17.4 Å². The van der Waals surface area contributed by atoms with Crippen LogP contribution in [0.15, 0.2) is 12.5 Å². The predicted octanol–water partition coefficient (Wildman–Crippen LogP) is 0.472. The van der Waals surface area contributed by atoms with Gasteiger partial charge in [0.2, 0.25) is 0 Å². The summed E-state index contributed by atoms with van der Waals surface area (Å²) >= 11 is 0. The number of methoxy groups -OCH3 is 1. The van der Waals surface area contributed by atoms with E-state index < -0.39 is 18.0 Å². The molecule has 1 heterocycles. The first-order chi connectivity index (χ1) is 9.95. The number of nitrogens with zero attached hydrogens (tertiary/aromatic N) is 2. The zero-order valence-corrected chi connectivity index (χ0v) is 12.5. The standard InChI is InChI=1S/C13H22N4O4/c1-9(2)17(4-5-21-3)13(20)16-11(12(18)19)6-10-7-14-8-15-10/h7-9,11H,4-6H2,1-3H3,(H,14,15)(H,16,20)(H,18,19)/t11-/m0/s1. The summed E-state index contributed by atoms with van der Waals surface area (Å²) in [5.74, 6) is -1.09. The molecule has 0 bridgehead atoms. The van der Waals surface area contributed by atoms with Crippen LogP contribution >= 0.6 is 0 Å². The fourth-order valence-corrected chi connectivity index (χ4v) is 1.83. The number of nitrogens with one attached hydrogen (secondary N) is 2. The Morgan fingerprint density at radius 3 is 2.71 bits per heavy atom. The van der Waals surface area contributed by atoms with E-state index >= 15 is 0 Å². The van der Waals surface area contributed by atoms with Crippen LogP contribution in [0.3, 0.4) is 0 Å². The van der Waals surface area contributed by atoms with Crippen molar-refractivity contribution in [2.75, 3.05) is 20.3 Å². The van der Waals surface area contributed by atoms with Crippen LogP contribution in [0.4, 0.5) is 4.79 Å². The van der Waals surface area contributed by atoms with Crippen molar-refractivity contribution < 1.29 is 19.4 Å². The lowest BCUT2D eigenvalue weighted by atomic mass is 10.1. The van der Waals surface area contributed by atoms with E-state index in [0.717, 1.165) is 0 Å². The zero-order valence-electron chi connectivity index (χ0n) is 12.5. The monoisotopic (exact) mass is 298 g/mol. The Labute approximate surface area is 123 Å². The molecular weight excluding hydrogens is 276 g/mol. The van der Waals surface area contributed by atoms with Crippen LogP contribution in [-0.2, 0) is 16.0 Å². The summed E-state index contributed by atoms with van der Waals surface area (Å²) < 4.78 is 4.96. The second-order valence-corrected chi connectivity index (χ2v) is 4.90. The number of aromatic amines is 1. The molecule has 0 aliphatic carbocycles. The molecular formula is C13H22N4O4. The minimum absolute atomic E-state index is 0.0539. The number of carboxylic acids is 1. The molecule has 0 aromatic carbocycles. The SMILES string of the molecule is COCCN(C(=O)N[C@@H](Cc1cnc[nH]1)C(=O)O)C(C)C. The number of ether oxygens (including phenoxy) is 1. The van der Waals surface area contributed by atoms with Crippen LogP contribution in [0, 0.1) is 0 Å². The molecule has 0 radical (unpaired) electrons. The Kier molecular flexibility index (Phi) is 6.67. The van der Waals surface area contributed by atoms with Crippen LogP contribution in [0.5, 0.6) is 0 Å². The quantitative estimate of drug-likeness (QED) is 0.646. The normalized spacial score (nSPS) is 12.2. The van der Waals surface area contributed by atoms with Crippen LogP contribution < -0.4 is 5.32 Å². The van der Waals surface area contributed by atoms with Gasteiger partial charge in [-0.25, -0.2) is 14.6 Å². The van der Waals surface area contributed by atoms with Crippen molar-refractivity contribution in [2.24, 2.45) is 0 Å². The number of hydrogen-bond donors (Lipinski definition) is 3. The molecule has 2 amide bonds. The minimum atomic E-state index is -1.09. The Morgan fingerprint density at radius 1 is 1.52 bits per heavy atom. The number of carboxylic acid groups (broad SMARTS) is 1. The molecule has 0 saturated carbocycles. The van der Waals surface area contributed by atoms with Gasteiger partial charge in [0.1, 0.15) is 6.04 Å². The van der Waals surface area contributed by atoms with Gasteiger partial charge in [-0.3, -0.25) is 0 Å². The number of H-pyrrole nitrogens is 1. The van der Waals surface area contributed by atoms with E-state index in [9.17, 15) is 14.7 Å². The largest absolute Gasteiger partial charge is 0.480 e. The molecule has 1 aromatic heterocycles. The molecule has 0 spiro atoms. The number of aromatic nitrogens is 2. The number of imidazole rings is 1. The summed E-state index contributed by atoms with van der Waals surface area (Å²) in [6.07, 6.45) is 3.15.